The quantitative estimate of drug-likeness (QED) is 0.626. The number of hydrogen-bond donors (Lipinski definition) is 0. The molecular weight excluding hydrogens is 442 g/mol. The van der Waals surface area contributed by atoms with Crippen LogP contribution in [-0.2, 0) is 16.1 Å². The first-order valence-electron chi connectivity index (χ1n) is 13.6. The molecule has 4 saturated heterocycles. The van der Waals surface area contributed by atoms with E-state index in [2.05, 4.69) is 15.9 Å². The molecule has 0 radical (unpaired) electrons. The molecule has 5 atom stereocenters. The lowest BCUT2D eigenvalue weighted by Gasteiger charge is -2.55. The second-order valence-electron chi connectivity index (χ2n) is 11.4. The zero-order chi connectivity index (χ0) is 23.5. The van der Waals surface area contributed by atoms with E-state index in [-0.39, 0.29) is 30.6 Å². The van der Waals surface area contributed by atoms with Gasteiger partial charge in [-0.15, -0.1) is 0 Å². The van der Waals surface area contributed by atoms with Crippen molar-refractivity contribution < 1.29 is 19.1 Å². The summed E-state index contributed by atoms with van der Waals surface area (Å²) in [5.41, 5.74) is 2.52. The van der Waals surface area contributed by atoms with Crippen molar-refractivity contribution in [2.45, 2.75) is 63.6 Å². The Morgan fingerprint density at radius 2 is 1.97 bits per heavy atom. The number of benzene rings is 1. The van der Waals surface area contributed by atoms with Crippen LogP contribution in [-0.4, -0.2) is 71.6 Å². The molecule has 5 heterocycles. The summed E-state index contributed by atoms with van der Waals surface area (Å²) in [7, 11) is 0. The summed E-state index contributed by atoms with van der Waals surface area (Å²) in [6, 6.07) is 6.79. The van der Waals surface area contributed by atoms with Crippen molar-refractivity contribution >= 4 is 11.8 Å². The van der Waals surface area contributed by atoms with E-state index in [9.17, 15) is 9.59 Å². The number of likely N-dealkylation sites (tertiary alicyclic amines) is 2. The predicted octanol–water partition coefficient (Wildman–Crippen LogP) is 3.19. The molecule has 0 N–H and O–H groups in total. The number of fused-ring (bicyclic) bond motifs is 7. The van der Waals surface area contributed by atoms with Gasteiger partial charge in [0.05, 0.1) is 12.0 Å². The minimum atomic E-state index is -0.236. The lowest BCUT2D eigenvalue weighted by atomic mass is 9.68. The van der Waals surface area contributed by atoms with E-state index in [4.69, 9.17) is 9.47 Å². The second kappa shape index (κ2) is 8.54. The van der Waals surface area contributed by atoms with Crippen LogP contribution >= 0.6 is 0 Å². The average molecular weight is 478 g/mol. The van der Waals surface area contributed by atoms with Gasteiger partial charge in [-0.05, 0) is 68.2 Å². The first kappa shape index (κ1) is 21.7. The minimum absolute atomic E-state index is 0.0753. The fourth-order valence-corrected chi connectivity index (χ4v) is 7.81. The predicted molar refractivity (Wildman–Crippen MR) is 130 cm³/mol. The molecular formula is C28H35N3O4. The molecule has 0 spiro atoms. The standard InChI is InChI=1S/C28H35N3O4/c32-26-13-22(16-30(26)14-18-6-7-24-25(10-18)35-17-34-24)28(33)31-9-3-4-19-11-20-12-21(27(19)31)15-29-8-2-1-5-23(20)29/h6-7,10-11,20-23,27H,1-5,8-9,12-17H2/t20-,21-,22?,23+,27+/m0/s1. The Kier molecular flexibility index (Phi) is 5.30. The molecule has 1 aromatic carbocycles. The minimum Gasteiger partial charge on any atom is -0.454 e. The summed E-state index contributed by atoms with van der Waals surface area (Å²) in [5.74, 6) is 2.72. The molecule has 0 saturated carbocycles. The van der Waals surface area contributed by atoms with Crippen LogP contribution in [0.2, 0.25) is 0 Å². The van der Waals surface area contributed by atoms with Gasteiger partial charge in [0.2, 0.25) is 18.6 Å². The van der Waals surface area contributed by atoms with Crippen LogP contribution in [0.15, 0.2) is 29.8 Å². The van der Waals surface area contributed by atoms with Gasteiger partial charge in [0, 0.05) is 38.6 Å². The Bertz CT molecular complexity index is 1070. The molecule has 5 aliphatic heterocycles. The lowest BCUT2D eigenvalue weighted by Crippen LogP contribution is -2.60. The van der Waals surface area contributed by atoms with Gasteiger partial charge in [0.1, 0.15) is 0 Å². The molecule has 1 unspecified atom stereocenters. The van der Waals surface area contributed by atoms with Gasteiger partial charge in [-0.25, -0.2) is 0 Å². The van der Waals surface area contributed by atoms with Gasteiger partial charge in [-0.1, -0.05) is 24.1 Å². The number of hydrogen-bond acceptors (Lipinski definition) is 5. The topological polar surface area (TPSA) is 62.3 Å². The maximum atomic E-state index is 13.9. The van der Waals surface area contributed by atoms with E-state index in [1.807, 2.05) is 23.1 Å². The number of nitrogens with zero attached hydrogens (tertiary/aromatic N) is 3. The number of piperidine rings is 3. The number of carbonyl (C=O) groups is 2. The number of amides is 2. The van der Waals surface area contributed by atoms with E-state index in [1.165, 1.54) is 37.8 Å². The molecule has 4 fully saturated rings. The van der Waals surface area contributed by atoms with E-state index >= 15 is 0 Å². The van der Waals surface area contributed by atoms with Crippen LogP contribution in [0.3, 0.4) is 0 Å². The van der Waals surface area contributed by atoms with Crippen LogP contribution in [0, 0.1) is 17.8 Å². The smallest absolute Gasteiger partial charge is 0.231 e. The zero-order valence-corrected chi connectivity index (χ0v) is 20.4. The third-order valence-corrected chi connectivity index (χ3v) is 9.31. The third kappa shape index (κ3) is 3.74. The lowest BCUT2D eigenvalue weighted by molar-refractivity contribution is -0.140. The Morgan fingerprint density at radius 1 is 1.06 bits per heavy atom. The fraction of sp³-hybridized carbons (Fsp3) is 0.643. The largest absolute Gasteiger partial charge is 0.454 e. The molecule has 186 valence electrons. The van der Waals surface area contributed by atoms with Crippen LogP contribution < -0.4 is 9.47 Å². The first-order chi connectivity index (χ1) is 17.1. The van der Waals surface area contributed by atoms with Crippen molar-refractivity contribution in [2.24, 2.45) is 17.8 Å². The molecule has 2 bridgehead atoms. The van der Waals surface area contributed by atoms with E-state index in [1.54, 1.807) is 0 Å². The van der Waals surface area contributed by atoms with Crippen LogP contribution in [0.5, 0.6) is 11.5 Å². The average Bonchev–Trinajstić information content (AvgIpc) is 3.49. The molecule has 7 nitrogen and oxygen atoms in total. The van der Waals surface area contributed by atoms with E-state index < -0.39 is 0 Å². The van der Waals surface area contributed by atoms with Crippen LogP contribution in [0.1, 0.15) is 50.5 Å². The zero-order valence-electron chi connectivity index (χ0n) is 20.4. The highest BCUT2D eigenvalue weighted by Crippen LogP contribution is 2.45. The summed E-state index contributed by atoms with van der Waals surface area (Å²) >= 11 is 0. The van der Waals surface area contributed by atoms with Crippen molar-refractivity contribution in [3.8, 4) is 11.5 Å². The molecule has 1 aromatic rings. The summed E-state index contributed by atoms with van der Waals surface area (Å²) in [4.78, 5) is 33.5. The van der Waals surface area contributed by atoms with Gasteiger partial charge in [0.15, 0.2) is 11.5 Å². The van der Waals surface area contributed by atoms with Crippen LogP contribution in [0.4, 0.5) is 0 Å². The molecule has 0 aromatic heterocycles. The van der Waals surface area contributed by atoms with Gasteiger partial charge >= 0.3 is 0 Å². The van der Waals surface area contributed by atoms with Crippen LogP contribution in [0.25, 0.3) is 0 Å². The number of rotatable bonds is 3. The van der Waals surface area contributed by atoms with Crippen molar-refractivity contribution in [1.82, 2.24) is 14.7 Å². The van der Waals surface area contributed by atoms with Crippen molar-refractivity contribution in [3.63, 3.8) is 0 Å². The SMILES string of the molecule is O=C1CC(C(=O)N2CCCC3=C[C@H]4C[C@@H](CN5CCCC[C@H]45)[C@@H]32)CN1Cc1ccc2c(c1)OCO2. The number of ether oxygens (including phenoxy) is 2. The van der Waals surface area contributed by atoms with E-state index in [0.717, 1.165) is 49.0 Å². The second-order valence-corrected chi connectivity index (χ2v) is 11.4. The monoisotopic (exact) mass is 477 g/mol. The molecule has 6 aliphatic rings. The van der Waals surface area contributed by atoms with E-state index in [0.29, 0.717) is 31.3 Å². The van der Waals surface area contributed by atoms with Gasteiger partial charge in [0.25, 0.3) is 0 Å². The van der Waals surface area contributed by atoms with Crippen molar-refractivity contribution in [2.75, 3.05) is 33.0 Å². The number of carbonyl (C=O) groups excluding carboxylic acids is 2. The van der Waals surface area contributed by atoms with Crippen molar-refractivity contribution in [1.29, 1.82) is 0 Å². The maximum absolute atomic E-state index is 13.9. The Balaban J connectivity index is 1.07. The highest BCUT2D eigenvalue weighted by Gasteiger charge is 2.48. The fourth-order valence-electron chi connectivity index (χ4n) is 7.81. The Hall–Kier alpha value is -2.54. The normalized spacial score (nSPS) is 33.9. The highest BCUT2D eigenvalue weighted by atomic mass is 16.7. The summed E-state index contributed by atoms with van der Waals surface area (Å²) in [6.07, 6.45) is 10.3. The maximum Gasteiger partial charge on any atom is 0.231 e. The molecule has 7 rings (SSSR count). The highest BCUT2D eigenvalue weighted by molar-refractivity contribution is 5.89. The summed E-state index contributed by atoms with van der Waals surface area (Å²) in [5, 5.41) is 0. The summed E-state index contributed by atoms with van der Waals surface area (Å²) < 4.78 is 10.9. The molecule has 2 amide bonds. The summed E-state index contributed by atoms with van der Waals surface area (Å²) in [6.45, 7) is 4.44. The van der Waals surface area contributed by atoms with Gasteiger partial charge in [-0.2, -0.15) is 0 Å². The van der Waals surface area contributed by atoms with Gasteiger partial charge in [-0.3, -0.25) is 14.5 Å². The van der Waals surface area contributed by atoms with Crippen molar-refractivity contribution in [3.05, 3.63) is 35.4 Å². The van der Waals surface area contributed by atoms with Gasteiger partial charge < -0.3 is 19.3 Å². The Morgan fingerprint density at radius 3 is 2.91 bits per heavy atom. The molecule has 35 heavy (non-hydrogen) atoms. The first-order valence-corrected chi connectivity index (χ1v) is 13.6. The third-order valence-electron chi connectivity index (χ3n) is 9.31. The Labute approximate surface area is 207 Å². The molecule has 7 heteroatoms. The molecule has 1 aliphatic carbocycles.